The lowest BCUT2D eigenvalue weighted by molar-refractivity contribution is 0.687. The van der Waals surface area contributed by atoms with E-state index in [4.69, 9.17) is 5.73 Å². The van der Waals surface area contributed by atoms with Crippen molar-refractivity contribution in [2.75, 3.05) is 12.8 Å². The molecule has 4 heteroatoms. The standard InChI is InChI=1S/C13H16N4/c1-9-6-11(13(14)17-7-9)12(15-2)10-4-3-5-16-8-10/h3-8,12,15H,1-2H3,(H2,14,17). The first kappa shape index (κ1) is 11.5. The largest absolute Gasteiger partial charge is 0.383 e. The molecule has 0 aliphatic carbocycles. The minimum atomic E-state index is 0.0242. The van der Waals surface area contributed by atoms with Crippen LogP contribution in [0.5, 0.6) is 0 Å². The Labute approximate surface area is 101 Å². The Morgan fingerprint density at radius 2 is 2.18 bits per heavy atom. The third-order valence-corrected chi connectivity index (χ3v) is 2.70. The van der Waals surface area contributed by atoms with Crippen LogP contribution in [0.25, 0.3) is 0 Å². The molecule has 0 radical (unpaired) electrons. The average Bonchev–Trinajstić information content (AvgIpc) is 2.36. The number of nitrogens with two attached hydrogens (primary N) is 1. The summed E-state index contributed by atoms with van der Waals surface area (Å²) < 4.78 is 0. The maximum atomic E-state index is 5.93. The van der Waals surface area contributed by atoms with Gasteiger partial charge in [-0.1, -0.05) is 6.07 Å². The molecule has 0 fully saturated rings. The summed E-state index contributed by atoms with van der Waals surface area (Å²) in [5.74, 6) is 0.554. The number of nitrogens with one attached hydrogen (secondary N) is 1. The highest BCUT2D eigenvalue weighted by molar-refractivity contribution is 5.46. The Balaban J connectivity index is 2.46. The molecule has 0 aliphatic rings. The Morgan fingerprint density at radius 1 is 1.35 bits per heavy atom. The summed E-state index contributed by atoms with van der Waals surface area (Å²) in [5.41, 5.74) is 9.09. The number of aromatic nitrogens is 2. The third-order valence-electron chi connectivity index (χ3n) is 2.70. The van der Waals surface area contributed by atoms with Crippen molar-refractivity contribution in [3.8, 4) is 0 Å². The van der Waals surface area contributed by atoms with Gasteiger partial charge in [-0.15, -0.1) is 0 Å². The predicted octanol–water partition coefficient (Wildman–Crippen LogP) is 1.68. The zero-order chi connectivity index (χ0) is 12.3. The molecular weight excluding hydrogens is 212 g/mol. The molecule has 2 aromatic rings. The van der Waals surface area contributed by atoms with Crippen LogP contribution < -0.4 is 11.1 Å². The molecule has 88 valence electrons. The molecule has 0 spiro atoms. The summed E-state index contributed by atoms with van der Waals surface area (Å²) in [6.07, 6.45) is 5.37. The van der Waals surface area contributed by atoms with Crippen molar-refractivity contribution < 1.29 is 0 Å². The van der Waals surface area contributed by atoms with Crippen molar-refractivity contribution in [2.24, 2.45) is 0 Å². The second kappa shape index (κ2) is 4.93. The van der Waals surface area contributed by atoms with E-state index < -0.39 is 0 Å². The Bertz CT molecular complexity index is 496. The van der Waals surface area contributed by atoms with E-state index in [9.17, 15) is 0 Å². The highest BCUT2D eigenvalue weighted by Crippen LogP contribution is 2.25. The van der Waals surface area contributed by atoms with Gasteiger partial charge in [-0.2, -0.15) is 0 Å². The van der Waals surface area contributed by atoms with Gasteiger partial charge in [-0.3, -0.25) is 4.98 Å². The number of hydrogen-bond donors (Lipinski definition) is 2. The molecule has 3 N–H and O–H groups in total. The van der Waals surface area contributed by atoms with E-state index in [-0.39, 0.29) is 6.04 Å². The average molecular weight is 228 g/mol. The molecule has 2 heterocycles. The summed E-state index contributed by atoms with van der Waals surface area (Å²) in [6.45, 7) is 2.01. The normalized spacial score (nSPS) is 12.4. The van der Waals surface area contributed by atoms with E-state index >= 15 is 0 Å². The maximum Gasteiger partial charge on any atom is 0.128 e. The molecule has 1 atom stereocenters. The first-order valence-electron chi connectivity index (χ1n) is 5.51. The molecule has 0 amide bonds. The van der Waals surface area contributed by atoms with Gasteiger partial charge in [0.25, 0.3) is 0 Å². The highest BCUT2D eigenvalue weighted by atomic mass is 14.9. The fourth-order valence-corrected chi connectivity index (χ4v) is 1.88. The van der Waals surface area contributed by atoms with E-state index in [2.05, 4.69) is 21.4 Å². The van der Waals surface area contributed by atoms with Gasteiger partial charge in [0, 0.05) is 24.2 Å². The molecule has 2 aromatic heterocycles. The minimum absolute atomic E-state index is 0.0242. The summed E-state index contributed by atoms with van der Waals surface area (Å²) in [4.78, 5) is 8.32. The van der Waals surface area contributed by atoms with Crippen LogP contribution in [0.3, 0.4) is 0 Å². The van der Waals surface area contributed by atoms with Gasteiger partial charge in [-0.05, 0) is 37.2 Å². The van der Waals surface area contributed by atoms with E-state index in [1.54, 1.807) is 12.4 Å². The summed E-state index contributed by atoms with van der Waals surface area (Å²) in [7, 11) is 1.90. The van der Waals surface area contributed by atoms with Crippen LogP contribution in [0.4, 0.5) is 5.82 Å². The van der Waals surface area contributed by atoms with Gasteiger partial charge in [0.1, 0.15) is 5.82 Å². The number of pyridine rings is 2. The van der Waals surface area contributed by atoms with E-state index in [1.807, 2.05) is 32.3 Å². The lowest BCUT2D eigenvalue weighted by Crippen LogP contribution is -2.19. The second-order valence-electron chi connectivity index (χ2n) is 4.00. The van der Waals surface area contributed by atoms with Crippen LogP contribution >= 0.6 is 0 Å². The molecular formula is C13H16N4. The molecule has 0 bridgehead atoms. The molecule has 0 saturated heterocycles. The molecule has 2 rings (SSSR count). The first-order valence-corrected chi connectivity index (χ1v) is 5.51. The first-order chi connectivity index (χ1) is 8.22. The smallest absolute Gasteiger partial charge is 0.128 e. The Hall–Kier alpha value is -1.94. The summed E-state index contributed by atoms with van der Waals surface area (Å²) >= 11 is 0. The van der Waals surface area contributed by atoms with Gasteiger partial charge < -0.3 is 11.1 Å². The van der Waals surface area contributed by atoms with Gasteiger partial charge >= 0.3 is 0 Å². The Morgan fingerprint density at radius 3 is 2.82 bits per heavy atom. The van der Waals surface area contributed by atoms with Crippen molar-refractivity contribution in [1.82, 2.24) is 15.3 Å². The number of hydrogen-bond acceptors (Lipinski definition) is 4. The van der Waals surface area contributed by atoms with Gasteiger partial charge in [-0.25, -0.2) is 4.98 Å². The Kier molecular flexibility index (Phi) is 3.35. The van der Waals surface area contributed by atoms with Crippen molar-refractivity contribution in [2.45, 2.75) is 13.0 Å². The zero-order valence-corrected chi connectivity index (χ0v) is 10.0. The van der Waals surface area contributed by atoms with Crippen LogP contribution in [0.15, 0.2) is 36.8 Å². The molecule has 17 heavy (non-hydrogen) atoms. The molecule has 4 nitrogen and oxygen atoms in total. The van der Waals surface area contributed by atoms with Crippen LogP contribution in [-0.2, 0) is 0 Å². The number of rotatable bonds is 3. The molecule has 0 aliphatic heterocycles. The topological polar surface area (TPSA) is 63.8 Å². The van der Waals surface area contributed by atoms with E-state index in [0.29, 0.717) is 5.82 Å². The van der Waals surface area contributed by atoms with Gasteiger partial charge in [0.2, 0.25) is 0 Å². The van der Waals surface area contributed by atoms with Crippen molar-refractivity contribution in [3.05, 3.63) is 53.5 Å². The molecule has 0 saturated carbocycles. The van der Waals surface area contributed by atoms with E-state index in [1.165, 1.54) is 0 Å². The zero-order valence-electron chi connectivity index (χ0n) is 10.0. The molecule has 1 unspecified atom stereocenters. The summed E-state index contributed by atoms with van der Waals surface area (Å²) in [6, 6.07) is 6.02. The SMILES string of the molecule is CNC(c1cccnc1)c1cc(C)cnc1N. The van der Waals surface area contributed by atoms with E-state index in [0.717, 1.165) is 16.7 Å². The summed E-state index contributed by atoms with van der Waals surface area (Å²) in [5, 5.41) is 3.24. The monoisotopic (exact) mass is 228 g/mol. The van der Waals surface area contributed by atoms with Gasteiger partial charge in [0.05, 0.1) is 6.04 Å². The van der Waals surface area contributed by atoms with Crippen molar-refractivity contribution in [3.63, 3.8) is 0 Å². The third kappa shape index (κ3) is 2.42. The fourth-order valence-electron chi connectivity index (χ4n) is 1.88. The maximum absolute atomic E-state index is 5.93. The predicted molar refractivity (Wildman–Crippen MR) is 68.5 cm³/mol. The second-order valence-corrected chi connectivity index (χ2v) is 4.00. The molecule has 0 aromatic carbocycles. The van der Waals surface area contributed by atoms with Crippen molar-refractivity contribution in [1.29, 1.82) is 0 Å². The number of anilines is 1. The lowest BCUT2D eigenvalue weighted by atomic mass is 10.00. The number of nitrogens with zero attached hydrogens (tertiary/aromatic N) is 2. The highest BCUT2D eigenvalue weighted by Gasteiger charge is 2.15. The number of nitrogen functional groups attached to an aromatic ring is 1. The van der Waals surface area contributed by atoms with Gasteiger partial charge in [0.15, 0.2) is 0 Å². The number of aryl methyl sites for hydroxylation is 1. The van der Waals surface area contributed by atoms with Crippen LogP contribution in [-0.4, -0.2) is 17.0 Å². The van der Waals surface area contributed by atoms with Crippen LogP contribution in [0, 0.1) is 6.92 Å². The minimum Gasteiger partial charge on any atom is -0.383 e. The lowest BCUT2D eigenvalue weighted by Gasteiger charge is -2.18. The van der Waals surface area contributed by atoms with Crippen LogP contribution in [0.1, 0.15) is 22.7 Å². The fraction of sp³-hybridized carbons (Fsp3) is 0.231. The quantitative estimate of drug-likeness (QED) is 0.839. The van der Waals surface area contributed by atoms with Crippen molar-refractivity contribution >= 4 is 5.82 Å². The van der Waals surface area contributed by atoms with Crippen LogP contribution in [0.2, 0.25) is 0 Å².